The van der Waals surface area contributed by atoms with Crippen molar-refractivity contribution >= 4 is 17.4 Å². The van der Waals surface area contributed by atoms with Gasteiger partial charge in [0.25, 0.3) is 5.91 Å². The smallest absolute Gasteiger partial charge is 0.262 e. The number of ether oxygens (including phenoxy) is 1. The number of hydrogen-bond donors (Lipinski definition) is 1. The van der Waals surface area contributed by atoms with Crippen LogP contribution in [0.15, 0.2) is 67.1 Å². The van der Waals surface area contributed by atoms with E-state index in [-0.39, 0.29) is 5.91 Å². The summed E-state index contributed by atoms with van der Waals surface area (Å²) in [5.41, 5.74) is 2.73. The van der Waals surface area contributed by atoms with E-state index in [9.17, 15) is 4.79 Å². The van der Waals surface area contributed by atoms with Crippen LogP contribution in [0.25, 0.3) is 16.9 Å². The number of aromatic nitrogens is 4. The average Bonchev–Trinajstić information content (AvgIpc) is 3.29. The number of amides is 1. The molecule has 1 aromatic carbocycles. The predicted molar refractivity (Wildman–Crippen MR) is 123 cm³/mol. The lowest BCUT2D eigenvalue weighted by Gasteiger charge is -2.22. The number of hydrogen-bond acceptors (Lipinski definition) is 5. The molecule has 1 aliphatic rings. The fraction of sp³-hybridized carbons (Fsp3) is 0.280. The predicted octanol–water partition coefficient (Wildman–Crippen LogP) is 5.00. The van der Waals surface area contributed by atoms with Crippen LogP contribution in [-0.4, -0.2) is 32.1 Å². The van der Waals surface area contributed by atoms with E-state index in [0.29, 0.717) is 35.3 Å². The highest BCUT2D eigenvalue weighted by atomic mass is 16.5. The minimum absolute atomic E-state index is 0.320. The van der Waals surface area contributed by atoms with E-state index in [1.54, 1.807) is 16.9 Å². The molecule has 3 aromatic heterocycles. The number of carbonyl (C=O) groups excluding carboxylic acids is 1. The SMILES string of the molecule is O=C(Nc1ncccc1OCC1CCCCC1)c1cnn2c(-c3ccccc3)ccnc12. The summed E-state index contributed by atoms with van der Waals surface area (Å²) in [7, 11) is 0. The largest absolute Gasteiger partial charge is 0.489 e. The van der Waals surface area contributed by atoms with Gasteiger partial charge in [0.05, 0.1) is 18.5 Å². The highest BCUT2D eigenvalue weighted by molar-refractivity contribution is 6.08. The molecule has 0 atom stereocenters. The molecular formula is C25H25N5O2. The van der Waals surface area contributed by atoms with E-state index >= 15 is 0 Å². The van der Waals surface area contributed by atoms with E-state index in [4.69, 9.17) is 4.74 Å². The third kappa shape index (κ3) is 4.19. The molecule has 7 heteroatoms. The molecule has 0 unspecified atom stereocenters. The normalized spacial score (nSPS) is 14.4. The van der Waals surface area contributed by atoms with Crippen molar-refractivity contribution in [3.8, 4) is 17.0 Å². The number of anilines is 1. The highest BCUT2D eigenvalue weighted by Gasteiger charge is 2.19. The summed E-state index contributed by atoms with van der Waals surface area (Å²) >= 11 is 0. The van der Waals surface area contributed by atoms with E-state index in [1.165, 1.54) is 38.3 Å². The molecule has 0 bridgehead atoms. The molecule has 7 nitrogen and oxygen atoms in total. The van der Waals surface area contributed by atoms with E-state index in [0.717, 1.165) is 11.3 Å². The van der Waals surface area contributed by atoms with Crippen LogP contribution in [0.3, 0.4) is 0 Å². The van der Waals surface area contributed by atoms with Crippen molar-refractivity contribution in [2.24, 2.45) is 5.92 Å². The van der Waals surface area contributed by atoms with Crippen LogP contribution in [0.4, 0.5) is 5.82 Å². The molecule has 1 amide bonds. The molecule has 0 radical (unpaired) electrons. The Kier molecular flexibility index (Phi) is 5.79. The Morgan fingerprint density at radius 3 is 2.69 bits per heavy atom. The Labute approximate surface area is 186 Å². The standard InChI is InChI=1S/C25H25N5O2/c31-25(29-23-22(12-7-14-26-23)32-17-18-8-3-1-4-9-18)20-16-28-30-21(13-15-27-24(20)30)19-10-5-2-6-11-19/h2,5-7,10-16,18H,1,3-4,8-9,17H2,(H,26,29,31). The van der Waals surface area contributed by atoms with Gasteiger partial charge in [-0.25, -0.2) is 14.5 Å². The van der Waals surface area contributed by atoms with Crippen molar-refractivity contribution in [2.45, 2.75) is 32.1 Å². The van der Waals surface area contributed by atoms with Crippen molar-refractivity contribution in [2.75, 3.05) is 11.9 Å². The van der Waals surface area contributed by atoms with E-state index in [2.05, 4.69) is 20.4 Å². The van der Waals surface area contributed by atoms with Crippen LogP contribution >= 0.6 is 0 Å². The summed E-state index contributed by atoms with van der Waals surface area (Å²) in [5, 5.41) is 7.30. The maximum Gasteiger partial charge on any atom is 0.262 e. The lowest BCUT2D eigenvalue weighted by Crippen LogP contribution is -2.18. The molecule has 4 aromatic rings. The van der Waals surface area contributed by atoms with Crippen LogP contribution in [-0.2, 0) is 0 Å². The fourth-order valence-electron chi connectivity index (χ4n) is 4.22. The Hall–Kier alpha value is -3.74. The maximum absolute atomic E-state index is 13.1. The second-order valence-electron chi connectivity index (χ2n) is 8.11. The Morgan fingerprint density at radius 2 is 1.84 bits per heavy atom. The number of pyridine rings is 1. The van der Waals surface area contributed by atoms with E-state index < -0.39 is 0 Å². The summed E-state index contributed by atoms with van der Waals surface area (Å²) < 4.78 is 7.73. The molecule has 1 aliphatic carbocycles. The van der Waals surface area contributed by atoms with Crippen molar-refractivity contribution in [3.05, 3.63) is 72.7 Å². The molecule has 32 heavy (non-hydrogen) atoms. The zero-order valence-electron chi connectivity index (χ0n) is 17.8. The monoisotopic (exact) mass is 427 g/mol. The van der Waals surface area contributed by atoms with Gasteiger partial charge in [0.1, 0.15) is 5.56 Å². The lowest BCUT2D eigenvalue weighted by atomic mass is 9.90. The van der Waals surface area contributed by atoms with Gasteiger partial charge >= 0.3 is 0 Å². The van der Waals surface area contributed by atoms with Gasteiger partial charge in [0, 0.05) is 18.0 Å². The first-order valence-corrected chi connectivity index (χ1v) is 11.1. The molecule has 0 saturated heterocycles. The van der Waals surface area contributed by atoms with Gasteiger partial charge in [0.15, 0.2) is 17.2 Å². The average molecular weight is 428 g/mol. The second kappa shape index (κ2) is 9.18. The zero-order chi connectivity index (χ0) is 21.8. The van der Waals surface area contributed by atoms with Crippen LogP contribution in [0.5, 0.6) is 5.75 Å². The zero-order valence-corrected chi connectivity index (χ0v) is 17.8. The minimum atomic E-state index is -0.320. The summed E-state index contributed by atoms with van der Waals surface area (Å²) in [6.45, 7) is 0.646. The Bertz CT molecular complexity index is 1220. The van der Waals surface area contributed by atoms with Crippen molar-refractivity contribution in [1.82, 2.24) is 19.6 Å². The molecule has 5 rings (SSSR count). The van der Waals surface area contributed by atoms with E-state index in [1.807, 2.05) is 48.5 Å². The topological polar surface area (TPSA) is 81.4 Å². The molecule has 1 saturated carbocycles. The van der Waals surface area contributed by atoms with Crippen LogP contribution in [0, 0.1) is 5.92 Å². The third-order valence-electron chi connectivity index (χ3n) is 5.92. The van der Waals surface area contributed by atoms with Gasteiger partial charge in [-0.05, 0) is 37.0 Å². The number of nitrogens with zero attached hydrogens (tertiary/aromatic N) is 4. The number of benzene rings is 1. The number of carbonyl (C=O) groups is 1. The van der Waals surface area contributed by atoms with Gasteiger partial charge in [-0.1, -0.05) is 49.6 Å². The van der Waals surface area contributed by atoms with Gasteiger partial charge in [-0.15, -0.1) is 0 Å². The minimum Gasteiger partial charge on any atom is -0.489 e. The van der Waals surface area contributed by atoms with Crippen LogP contribution < -0.4 is 10.1 Å². The first kappa shape index (κ1) is 20.2. The summed E-state index contributed by atoms with van der Waals surface area (Å²) in [6, 6.07) is 15.4. The summed E-state index contributed by atoms with van der Waals surface area (Å²) in [5.74, 6) is 1.24. The number of rotatable bonds is 6. The summed E-state index contributed by atoms with van der Waals surface area (Å²) in [6.07, 6.45) is 11.1. The first-order valence-electron chi connectivity index (χ1n) is 11.1. The molecule has 1 N–H and O–H groups in total. The van der Waals surface area contributed by atoms with Gasteiger partial charge in [-0.2, -0.15) is 5.10 Å². The van der Waals surface area contributed by atoms with Gasteiger partial charge in [-0.3, -0.25) is 4.79 Å². The molecule has 162 valence electrons. The van der Waals surface area contributed by atoms with Crippen molar-refractivity contribution in [3.63, 3.8) is 0 Å². The lowest BCUT2D eigenvalue weighted by molar-refractivity contribution is 0.102. The van der Waals surface area contributed by atoms with Crippen LogP contribution in [0.2, 0.25) is 0 Å². The number of nitrogens with one attached hydrogen (secondary N) is 1. The molecule has 0 spiro atoms. The van der Waals surface area contributed by atoms with Crippen molar-refractivity contribution in [1.29, 1.82) is 0 Å². The summed E-state index contributed by atoms with van der Waals surface area (Å²) in [4.78, 5) is 21.8. The first-order chi connectivity index (χ1) is 15.8. The molecule has 3 heterocycles. The third-order valence-corrected chi connectivity index (χ3v) is 5.92. The van der Waals surface area contributed by atoms with Crippen LogP contribution in [0.1, 0.15) is 42.5 Å². The maximum atomic E-state index is 13.1. The molecular weight excluding hydrogens is 402 g/mol. The Morgan fingerprint density at radius 1 is 1.00 bits per heavy atom. The van der Waals surface area contributed by atoms with Gasteiger partial charge < -0.3 is 10.1 Å². The van der Waals surface area contributed by atoms with Gasteiger partial charge in [0.2, 0.25) is 0 Å². The highest BCUT2D eigenvalue weighted by Crippen LogP contribution is 2.28. The number of fused-ring (bicyclic) bond motifs is 1. The Balaban J connectivity index is 1.37. The van der Waals surface area contributed by atoms with Crippen molar-refractivity contribution < 1.29 is 9.53 Å². The molecule has 1 fully saturated rings. The molecule has 0 aliphatic heterocycles. The quantitative estimate of drug-likeness (QED) is 0.468. The second-order valence-corrected chi connectivity index (χ2v) is 8.11. The fourth-order valence-corrected chi connectivity index (χ4v) is 4.22.